The van der Waals surface area contributed by atoms with Crippen LogP contribution in [0.1, 0.15) is 46.0 Å². The molecule has 1 aliphatic rings. The van der Waals surface area contributed by atoms with Crippen LogP contribution in [0.5, 0.6) is 0 Å². The van der Waals surface area contributed by atoms with E-state index >= 15 is 0 Å². The quantitative estimate of drug-likeness (QED) is 0.629. The molecule has 0 heterocycles. The summed E-state index contributed by atoms with van der Waals surface area (Å²) < 4.78 is 11.0. The van der Waals surface area contributed by atoms with Crippen molar-refractivity contribution in [1.29, 1.82) is 0 Å². The van der Waals surface area contributed by atoms with Crippen molar-refractivity contribution in [3.05, 3.63) is 0 Å². The Bertz CT molecular complexity index is 143. The Hall–Kier alpha value is -0.0800. The zero-order chi connectivity index (χ0) is 10.4. The molecule has 2 unspecified atom stereocenters. The van der Waals surface area contributed by atoms with Crippen LogP contribution in [-0.4, -0.2) is 25.9 Å². The van der Waals surface area contributed by atoms with Crippen molar-refractivity contribution in [3.63, 3.8) is 0 Å². The Kier molecular flexibility index (Phi) is 5.49. The summed E-state index contributed by atoms with van der Waals surface area (Å²) in [6.07, 6.45) is 7.33. The topological polar surface area (TPSA) is 18.5 Å². The molecule has 0 bridgehead atoms. The Morgan fingerprint density at radius 3 is 2.50 bits per heavy atom. The number of hydrogen-bond acceptors (Lipinski definition) is 2. The molecule has 0 radical (unpaired) electrons. The number of hydrogen-bond donors (Lipinski definition) is 0. The summed E-state index contributed by atoms with van der Waals surface area (Å²) in [5.74, 6) is 0.940. The molecule has 1 fully saturated rings. The van der Waals surface area contributed by atoms with E-state index < -0.39 is 0 Å². The van der Waals surface area contributed by atoms with Gasteiger partial charge in [0.05, 0.1) is 18.8 Å². The van der Waals surface area contributed by atoms with Gasteiger partial charge in [0.15, 0.2) is 0 Å². The first-order valence-corrected chi connectivity index (χ1v) is 5.90. The van der Waals surface area contributed by atoms with Crippen LogP contribution in [0.25, 0.3) is 0 Å². The maximum atomic E-state index is 5.92. The monoisotopic (exact) mass is 200 g/mol. The largest absolute Gasteiger partial charge is 0.382 e. The van der Waals surface area contributed by atoms with Crippen LogP contribution in [0.4, 0.5) is 0 Å². The van der Waals surface area contributed by atoms with Gasteiger partial charge in [-0.2, -0.15) is 0 Å². The second-order valence-corrected chi connectivity index (χ2v) is 4.46. The van der Waals surface area contributed by atoms with E-state index in [0.717, 1.165) is 12.3 Å². The Morgan fingerprint density at radius 1 is 1.36 bits per heavy atom. The van der Waals surface area contributed by atoms with E-state index in [1.807, 2.05) is 0 Å². The van der Waals surface area contributed by atoms with E-state index in [4.69, 9.17) is 9.47 Å². The normalized spacial score (nSPS) is 21.6. The predicted octanol–water partition coefficient (Wildman–Crippen LogP) is 3.01. The summed E-state index contributed by atoms with van der Waals surface area (Å²) in [5.41, 5.74) is 0. The van der Waals surface area contributed by atoms with Gasteiger partial charge in [-0.05, 0) is 25.7 Å². The van der Waals surface area contributed by atoms with Gasteiger partial charge in [-0.3, -0.25) is 0 Å². The van der Waals surface area contributed by atoms with Crippen molar-refractivity contribution >= 4 is 0 Å². The van der Waals surface area contributed by atoms with Gasteiger partial charge in [0.1, 0.15) is 0 Å². The lowest BCUT2D eigenvalue weighted by Crippen LogP contribution is -2.27. The van der Waals surface area contributed by atoms with Crippen molar-refractivity contribution in [2.24, 2.45) is 5.92 Å². The molecule has 0 N–H and O–H groups in total. The summed E-state index contributed by atoms with van der Waals surface area (Å²) in [6, 6.07) is 0. The van der Waals surface area contributed by atoms with Gasteiger partial charge in [-0.15, -0.1) is 0 Å². The van der Waals surface area contributed by atoms with Crippen LogP contribution < -0.4 is 0 Å². The summed E-state index contributed by atoms with van der Waals surface area (Å²) in [7, 11) is 1.73. The minimum atomic E-state index is 0.241. The summed E-state index contributed by atoms with van der Waals surface area (Å²) in [6.45, 7) is 5.01. The fourth-order valence-corrected chi connectivity index (χ4v) is 2.02. The SMILES string of the molecule is CCC(CC1CCC1)OC(C)COC. The highest BCUT2D eigenvalue weighted by Crippen LogP contribution is 2.32. The fraction of sp³-hybridized carbons (Fsp3) is 1.00. The van der Waals surface area contributed by atoms with Crippen LogP contribution in [0.3, 0.4) is 0 Å². The van der Waals surface area contributed by atoms with E-state index in [1.165, 1.54) is 25.7 Å². The molecule has 2 nitrogen and oxygen atoms in total. The first kappa shape index (κ1) is 12.0. The van der Waals surface area contributed by atoms with Crippen LogP contribution >= 0.6 is 0 Å². The smallest absolute Gasteiger partial charge is 0.0784 e. The number of ether oxygens (including phenoxy) is 2. The zero-order valence-electron chi connectivity index (χ0n) is 9.79. The number of rotatable bonds is 7. The highest BCUT2D eigenvalue weighted by atomic mass is 16.5. The van der Waals surface area contributed by atoms with Gasteiger partial charge in [0.2, 0.25) is 0 Å². The molecule has 0 aromatic heterocycles. The van der Waals surface area contributed by atoms with Gasteiger partial charge >= 0.3 is 0 Å². The summed E-state index contributed by atoms with van der Waals surface area (Å²) in [5, 5.41) is 0. The van der Waals surface area contributed by atoms with Crippen molar-refractivity contribution in [3.8, 4) is 0 Å². The molecular weight excluding hydrogens is 176 g/mol. The van der Waals surface area contributed by atoms with E-state index in [0.29, 0.717) is 12.7 Å². The van der Waals surface area contributed by atoms with Crippen molar-refractivity contribution in [2.75, 3.05) is 13.7 Å². The summed E-state index contributed by atoms with van der Waals surface area (Å²) in [4.78, 5) is 0. The average Bonchev–Trinajstić information content (AvgIpc) is 2.09. The Balaban J connectivity index is 2.15. The maximum absolute atomic E-state index is 5.92. The van der Waals surface area contributed by atoms with Crippen LogP contribution in [-0.2, 0) is 9.47 Å². The second-order valence-electron chi connectivity index (χ2n) is 4.46. The zero-order valence-corrected chi connectivity index (χ0v) is 9.79. The standard InChI is InChI=1S/C12H24O2/c1-4-12(8-11-6-5-7-11)14-10(2)9-13-3/h10-12H,4-9H2,1-3H3. The molecule has 0 spiro atoms. The molecule has 1 aliphatic carbocycles. The van der Waals surface area contributed by atoms with Gasteiger partial charge in [-0.25, -0.2) is 0 Å². The lowest BCUT2D eigenvalue weighted by atomic mass is 9.81. The minimum absolute atomic E-state index is 0.241. The molecule has 0 amide bonds. The van der Waals surface area contributed by atoms with Crippen LogP contribution in [0, 0.1) is 5.92 Å². The molecule has 14 heavy (non-hydrogen) atoms. The van der Waals surface area contributed by atoms with Crippen LogP contribution in [0.15, 0.2) is 0 Å². The lowest BCUT2D eigenvalue weighted by molar-refractivity contribution is -0.0527. The van der Waals surface area contributed by atoms with Crippen molar-refractivity contribution in [1.82, 2.24) is 0 Å². The summed E-state index contributed by atoms with van der Waals surface area (Å²) >= 11 is 0. The Morgan fingerprint density at radius 2 is 2.07 bits per heavy atom. The molecule has 2 heteroatoms. The van der Waals surface area contributed by atoms with Gasteiger partial charge < -0.3 is 9.47 Å². The molecule has 1 saturated carbocycles. The predicted molar refractivity (Wildman–Crippen MR) is 58.5 cm³/mol. The maximum Gasteiger partial charge on any atom is 0.0784 e. The van der Waals surface area contributed by atoms with E-state index in [-0.39, 0.29) is 6.10 Å². The highest BCUT2D eigenvalue weighted by Gasteiger charge is 2.22. The first-order valence-electron chi connectivity index (χ1n) is 5.90. The van der Waals surface area contributed by atoms with E-state index in [2.05, 4.69) is 13.8 Å². The molecule has 0 aliphatic heterocycles. The lowest BCUT2D eigenvalue weighted by Gasteiger charge is -2.30. The molecule has 84 valence electrons. The third-order valence-corrected chi connectivity index (χ3v) is 3.10. The van der Waals surface area contributed by atoms with Gasteiger partial charge in [-0.1, -0.05) is 26.2 Å². The highest BCUT2D eigenvalue weighted by molar-refractivity contribution is 4.73. The van der Waals surface area contributed by atoms with E-state index in [1.54, 1.807) is 7.11 Å². The molecule has 1 rings (SSSR count). The van der Waals surface area contributed by atoms with Crippen molar-refractivity contribution < 1.29 is 9.47 Å². The third kappa shape index (κ3) is 3.97. The fourth-order valence-electron chi connectivity index (χ4n) is 2.02. The van der Waals surface area contributed by atoms with Gasteiger partial charge in [0, 0.05) is 7.11 Å². The molecular formula is C12H24O2. The number of methoxy groups -OCH3 is 1. The Labute approximate surface area is 88.0 Å². The van der Waals surface area contributed by atoms with Crippen molar-refractivity contribution in [2.45, 2.75) is 58.2 Å². The molecule has 2 atom stereocenters. The third-order valence-electron chi connectivity index (χ3n) is 3.10. The van der Waals surface area contributed by atoms with E-state index in [9.17, 15) is 0 Å². The molecule has 0 saturated heterocycles. The van der Waals surface area contributed by atoms with Gasteiger partial charge in [0.25, 0.3) is 0 Å². The second kappa shape index (κ2) is 6.41. The first-order chi connectivity index (χ1) is 6.76. The minimum Gasteiger partial charge on any atom is -0.382 e. The average molecular weight is 200 g/mol. The molecule has 0 aromatic rings. The molecule has 0 aromatic carbocycles. The van der Waals surface area contributed by atoms with Crippen LogP contribution in [0.2, 0.25) is 0 Å².